The van der Waals surface area contributed by atoms with Gasteiger partial charge in [-0.2, -0.15) is 0 Å². The molecule has 2 atom stereocenters. The fourth-order valence-electron chi connectivity index (χ4n) is 1.50. The molecule has 1 aliphatic carbocycles. The van der Waals surface area contributed by atoms with Crippen LogP contribution < -0.4 is 0 Å². The maximum absolute atomic E-state index is 4.01. The number of hydrogen-bond acceptors (Lipinski definition) is 1. The molecule has 0 radical (unpaired) electrons. The smallest absolute Gasteiger partial charge is 0.0921 e. The fourth-order valence-corrected chi connectivity index (χ4v) is 1.50. The van der Waals surface area contributed by atoms with E-state index in [9.17, 15) is 0 Å². The molecule has 13 heavy (non-hydrogen) atoms. The molecule has 0 bridgehead atoms. The lowest BCUT2D eigenvalue weighted by Crippen LogP contribution is -1.80. The van der Waals surface area contributed by atoms with Gasteiger partial charge in [0.15, 0.2) is 0 Å². The summed E-state index contributed by atoms with van der Waals surface area (Å²) in [6.45, 7) is 2.16. The summed E-state index contributed by atoms with van der Waals surface area (Å²) in [5.74, 6) is 7.72. The van der Waals surface area contributed by atoms with E-state index in [0.29, 0.717) is 11.8 Å². The maximum Gasteiger partial charge on any atom is 0.0921 e. The molecular weight excluding hydrogens is 160 g/mol. The highest BCUT2D eigenvalue weighted by atomic mass is 14.9. The van der Waals surface area contributed by atoms with E-state index in [4.69, 9.17) is 0 Å². The van der Waals surface area contributed by atoms with E-state index >= 15 is 0 Å². The van der Waals surface area contributed by atoms with Gasteiger partial charge < -0.3 is 4.98 Å². The van der Waals surface area contributed by atoms with Crippen LogP contribution in [0.3, 0.4) is 0 Å². The molecule has 1 aliphatic rings. The van der Waals surface area contributed by atoms with Crippen molar-refractivity contribution in [1.82, 2.24) is 9.97 Å². The molecule has 0 spiro atoms. The van der Waals surface area contributed by atoms with Gasteiger partial charge in [0.1, 0.15) is 0 Å². The Morgan fingerprint density at radius 2 is 2.62 bits per heavy atom. The topological polar surface area (TPSA) is 28.7 Å². The number of imidazole rings is 1. The van der Waals surface area contributed by atoms with Crippen LogP contribution >= 0.6 is 0 Å². The molecule has 1 aromatic heterocycles. The molecule has 68 valence electrons. The zero-order valence-electron chi connectivity index (χ0n) is 7.88. The van der Waals surface area contributed by atoms with Crippen LogP contribution in [0.4, 0.5) is 0 Å². The minimum Gasteiger partial charge on any atom is -0.348 e. The number of aromatic nitrogens is 2. The van der Waals surface area contributed by atoms with Crippen LogP contribution in [-0.2, 0) is 0 Å². The third-order valence-electron chi connectivity index (χ3n) is 2.37. The predicted octanol–water partition coefficient (Wildman–Crippen LogP) is 2.32. The molecule has 0 amide bonds. The van der Waals surface area contributed by atoms with Gasteiger partial charge >= 0.3 is 0 Å². The average Bonchev–Trinajstić information content (AvgIpc) is 2.72. The van der Waals surface area contributed by atoms with Crippen LogP contribution in [0.2, 0.25) is 0 Å². The highest BCUT2D eigenvalue weighted by Crippen LogP contribution is 2.45. The molecule has 1 N–H and O–H groups in total. The minimum atomic E-state index is 0.590. The van der Waals surface area contributed by atoms with Crippen molar-refractivity contribution in [3.63, 3.8) is 0 Å². The number of rotatable bonds is 2. The lowest BCUT2D eigenvalue weighted by Gasteiger charge is -1.87. The monoisotopic (exact) mass is 174 g/mol. The predicted molar refractivity (Wildman–Crippen MR) is 52.1 cm³/mol. The lowest BCUT2D eigenvalue weighted by molar-refractivity contribution is 0.966. The summed E-state index contributed by atoms with van der Waals surface area (Å²) >= 11 is 0. The van der Waals surface area contributed by atoms with Gasteiger partial charge in [-0.3, -0.25) is 0 Å². The van der Waals surface area contributed by atoms with E-state index in [0.717, 1.165) is 12.8 Å². The van der Waals surface area contributed by atoms with Crippen molar-refractivity contribution in [2.75, 3.05) is 0 Å². The molecule has 1 heterocycles. The Kier molecular flexibility index (Phi) is 2.35. The molecule has 0 unspecified atom stereocenters. The summed E-state index contributed by atoms with van der Waals surface area (Å²) in [4.78, 5) is 7.15. The van der Waals surface area contributed by atoms with Crippen molar-refractivity contribution in [3.05, 3.63) is 18.2 Å². The van der Waals surface area contributed by atoms with Crippen molar-refractivity contribution in [2.24, 2.45) is 5.92 Å². The summed E-state index contributed by atoms with van der Waals surface area (Å²) in [5, 5.41) is 0. The molecule has 0 aromatic carbocycles. The van der Waals surface area contributed by atoms with Crippen molar-refractivity contribution >= 4 is 0 Å². The number of nitrogens with one attached hydrogen (secondary N) is 1. The van der Waals surface area contributed by atoms with E-state index in [1.54, 1.807) is 6.33 Å². The van der Waals surface area contributed by atoms with Crippen molar-refractivity contribution < 1.29 is 0 Å². The third kappa shape index (κ3) is 1.92. The number of unbranched alkanes of at least 4 members (excludes halogenated alkanes) is 1. The van der Waals surface area contributed by atoms with E-state index in [1.807, 2.05) is 6.20 Å². The Morgan fingerprint density at radius 3 is 3.31 bits per heavy atom. The Bertz CT molecular complexity index is 316. The number of hydrogen-bond donors (Lipinski definition) is 1. The number of aromatic amines is 1. The standard InChI is InChI=1S/C11H14N2/c1-2-3-4-5-9-6-10(9)11-7-12-8-13-11/h7-10H,2-3,6H2,1H3,(H,12,13)/t9-,10-/m1/s1. The van der Waals surface area contributed by atoms with Gasteiger partial charge in [0.2, 0.25) is 0 Å². The first-order valence-corrected chi connectivity index (χ1v) is 4.88. The molecule has 1 aromatic rings. The first-order chi connectivity index (χ1) is 6.42. The second-order valence-electron chi connectivity index (χ2n) is 3.53. The second kappa shape index (κ2) is 3.66. The van der Waals surface area contributed by atoms with Gasteiger partial charge in [-0.1, -0.05) is 12.8 Å². The second-order valence-corrected chi connectivity index (χ2v) is 3.53. The Labute approximate surface area is 78.8 Å². The van der Waals surface area contributed by atoms with Gasteiger partial charge in [0.05, 0.1) is 6.33 Å². The van der Waals surface area contributed by atoms with Gasteiger partial charge in [0.25, 0.3) is 0 Å². The normalized spacial score (nSPS) is 25.0. The molecule has 1 fully saturated rings. The summed E-state index contributed by atoms with van der Waals surface area (Å²) in [5.41, 5.74) is 1.25. The number of nitrogens with zero attached hydrogens (tertiary/aromatic N) is 1. The molecule has 2 rings (SSSR count). The Hall–Kier alpha value is -1.23. The largest absolute Gasteiger partial charge is 0.348 e. The highest BCUT2D eigenvalue weighted by molar-refractivity contribution is 5.24. The quantitative estimate of drug-likeness (QED) is 0.685. The van der Waals surface area contributed by atoms with Crippen LogP contribution in [-0.4, -0.2) is 9.97 Å². The minimum absolute atomic E-state index is 0.590. The zero-order chi connectivity index (χ0) is 9.10. The van der Waals surface area contributed by atoms with Crippen LogP contribution in [0, 0.1) is 17.8 Å². The molecule has 0 saturated heterocycles. The lowest BCUT2D eigenvalue weighted by atomic mass is 10.2. The van der Waals surface area contributed by atoms with Crippen molar-refractivity contribution in [3.8, 4) is 11.8 Å². The summed E-state index contributed by atoms with van der Waals surface area (Å²) in [6, 6.07) is 0. The zero-order valence-corrected chi connectivity index (χ0v) is 7.88. The third-order valence-corrected chi connectivity index (χ3v) is 2.37. The summed E-state index contributed by atoms with van der Waals surface area (Å²) < 4.78 is 0. The van der Waals surface area contributed by atoms with Crippen molar-refractivity contribution in [2.45, 2.75) is 32.1 Å². The van der Waals surface area contributed by atoms with Crippen LogP contribution in [0.15, 0.2) is 12.5 Å². The van der Waals surface area contributed by atoms with E-state index in [2.05, 4.69) is 28.7 Å². The highest BCUT2D eigenvalue weighted by Gasteiger charge is 2.37. The van der Waals surface area contributed by atoms with Gasteiger partial charge in [-0.15, -0.1) is 5.92 Å². The van der Waals surface area contributed by atoms with Gasteiger partial charge in [-0.05, 0) is 12.8 Å². The van der Waals surface area contributed by atoms with E-state index < -0.39 is 0 Å². The van der Waals surface area contributed by atoms with E-state index in [-0.39, 0.29) is 0 Å². The van der Waals surface area contributed by atoms with Crippen LogP contribution in [0.25, 0.3) is 0 Å². The summed E-state index contributed by atoms with van der Waals surface area (Å²) in [7, 11) is 0. The fraction of sp³-hybridized carbons (Fsp3) is 0.545. The maximum atomic E-state index is 4.01. The summed E-state index contributed by atoms with van der Waals surface area (Å²) in [6.07, 6.45) is 7.05. The van der Waals surface area contributed by atoms with Crippen molar-refractivity contribution in [1.29, 1.82) is 0 Å². The number of H-pyrrole nitrogens is 1. The van der Waals surface area contributed by atoms with Gasteiger partial charge in [-0.25, -0.2) is 4.98 Å². The Balaban J connectivity index is 1.87. The SMILES string of the molecule is CCCC#C[C@@H]1C[C@H]1c1cnc[nH]1. The van der Waals surface area contributed by atoms with E-state index in [1.165, 1.54) is 12.1 Å². The molecule has 0 aliphatic heterocycles. The Morgan fingerprint density at radius 1 is 1.69 bits per heavy atom. The van der Waals surface area contributed by atoms with Gasteiger partial charge in [0, 0.05) is 30.1 Å². The van der Waals surface area contributed by atoms with Crippen LogP contribution in [0.1, 0.15) is 37.8 Å². The molecule has 2 nitrogen and oxygen atoms in total. The van der Waals surface area contributed by atoms with Crippen LogP contribution in [0.5, 0.6) is 0 Å². The molecular formula is C11H14N2. The molecule has 2 heteroatoms. The average molecular weight is 174 g/mol. The first-order valence-electron chi connectivity index (χ1n) is 4.88. The molecule has 1 saturated carbocycles. The first kappa shape index (κ1) is 8.37.